The number of aromatic hydroxyl groups is 1. The van der Waals surface area contributed by atoms with Crippen molar-refractivity contribution in [1.29, 1.82) is 0 Å². The van der Waals surface area contributed by atoms with Gasteiger partial charge in [-0.2, -0.15) is 0 Å². The van der Waals surface area contributed by atoms with E-state index in [-0.39, 0.29) is 5.75 Å². The Hall–Kier alpha value is -2.29. The second kappa shape index (κ2) is 3.94. The Balaban J connectivity index is 1.99. The third-order valence-corrected chi connectivity index (χ3v) is 2.71. The van der Waals surface area contributed by atoms with Gasteiger partial charge in [0.05, 0.1) is 12.1 Å². The summed E-state index contributed by atoms with van der Waals surface area (Å²) in [5.41, 5.74) is 1.69. The second-order valence-corrected chi connectivity index (χ2v) is 3.85. The van der Waals surface area contributed by atoms with Crippen molar-refractivity contribution < 1.29 is 9.84 Å². The van der Waals surface area contributed by atoms with Crippen LogP contribution in [0.3, 0.4) is 0 Å². The Labute approximate surface area is 99.0 Å². The van der Waals surface area contributed by atoms with Gasteiger partial charge in [-0.3, -0.25) is 0 Å². The summed E-state index contributed by atoms with van der Waals surface area (Å²) in [4.78, 5) is 4.34. The highest BCUT2D eigenvalue weighted by Gasteiger charge is 2.16. The first-order chi connectivity index (χ1) is 8.34. The van der Waals surface area contributed by atoms with Crippen molar-refractivity contribution in [2.45, 2.75) is 6.54 Å². The number of phenols is 1. The quantitative estimate of drug-likeness (QED) is 0.810. The number of rotatable bonds is 1. The van der Waals surface area contributed by atoms with Crippen LogP contribution in [-0.4, -0.2) is 11.0 Å². The van der Waals surface area contributed by atoms with Crippen molar-refractivity contribution >= 4 is 5.90 Å². The molecule has 0 unspecified atom stereocenters. The minimum Gasteiger partial charge on any atom is -0.507 e. The van der Waals surface area contributed by atoms with E-state index in [1.165, 1.54) is 0 Å². The molecule has 3 rings (SSSR count). The van der Waals surface area contributed by atoms with Crippen molar-refractivity contribution in [2.75, 3.05) is 0 Å². The molecule has 0 atom stereocenters. The van der Waals surface area contributed by atoms with Crippen LogP contribution in [0.5, 0.6) is 11.5 Å². The van der Waals surface area contributed by atoms with Crippen molar-refractivity contribution in [1.82, 2.24) is 0 Å². The highest BCUT2D eigenvalue weighted by atomic mass is 16.5. The largest absolute Gasteiger partial charge is 0.507 e. The van der Waals surface area contributed by atoms with Gasteiger partial charge in [0.15, 0.2) is 0 Å². The van der Waals surface area contributed by atoms with E-state index in [2.05, 4.69) is 4.99 Å². The standard InChI is InChI=1S/C14H11NO2/c16-12-7-3-2-6-11(12)14-15-9-10-5-1-4-8-13(10)17-14/h1-8,16H,9H2. The van der Waals surface area contributed by atoms with Crippen LogP contribution >= 0.6 is 0 Å². The van der Waals surface area contributed by atoms with Crippen molar-refractivity contribution in [2.24, 2.45) is 4.99 Å². The lowest BCUT2D eigenvalue weighted by Gasteiger charge is -2.17. The molecule has 0 amide bonds. The lowest BCUT2D eigenvalue weighted by molar-refractivity contribution is 0.466. The number of ether oxygens (including phenoxy) is 1. The third-order valence-electron chi connectivity index (χ3n) is 2.71. The summed E-state index contributed by atoms with van der Waals surface area (Å²) in [6.07, 6.45) is 0. The molecule has 2 aromatic carbocycles. The van der Waals surface area contributed by atoms with E-state index in [0.717, 1.165) is 11.3 Å². The fourth-order valence-corrected chi connectivity index (χ4v) is 1.82. The molecule has 0 aromatic heterocycles. The Morgan fingerprint density at radius 2 is 1.76 bits per heavy atom. The molecule has 0 spiro atoms. The lowest BCUT2D eigenvalue weighted by Crippen LogP contribution is -2.15. The van der Waals surface area contributed by atoms with Gasteiger partial charge < -0.3 is 9.84 Å². The second-order valence-electron chi connectivity index (χ2n) is 3.85. The number of benzene rings is 2. The average Bonchev–Trinajstić information content (AvgIpc) is 2.39. The molecule has 1 N–H and O–H groups in total. The van der Waals surface area contributed by atoms with Crippen molar-refractivity contribution in [3.63, 3.8) is 0 Å². The Kier molecular flexibility index (Phi) is 2.29. The molecule has 2 aromatic rings. The van der Waals surface area contributed by atoms with E-state index in [1.54, 1.807) is 18.2 Å². The van der Waals surface area contributed by atoms with Gasteiger partial charge in [0, 0.05) is 5.56 Å². The van der Waals surface area contributed by atoms with Gasteiger partial charge in [-0.25, -0.2) is 4.99 Å². The van der Waals surface area contributed by atoms with Crippen LogP contribution in [0.2, 0.25) is 0 Å². The van der Waals surface area contributed by atoms with Crippen LogP contribution < -0.4 is 4.74 Å². The van der Waals surface area contributed by atoms with E-state index in [0.29, 0.717) is 18.0 Å². The third kappa shape index (κ3) is 1.76. The summed E-state index contributed by atoms with van der Waals surface area (Å²) in [5, 5.41) is 9.75. The fraction of sp³-hybridized carbons (Fsp3) is 0.0714. The molecular formula is C14H11NO2. The molecule has 3 heteroatoms. The van der Waals surface area contributed by atoms with Crippen LogP contribution in [0.4, 0.5) is 0 Å². The average molecular weight is 225 g/mol. The van der Waals surface area contributed by atoms with Gasteiger partial charge in [-0.15, -0.1) is 0 Å². The molecule has 0 saturated carbocycles. The zero-order valence-corrected chi connectivity index (χ0v) is 9.13. The molecule has 0 radical (unpaired) electrons. The molecule has 1 aliphatic heterocycles. The molecule has 17 heavy (non-hydrogen) atoms. The van der Waals surface area contributed by atoms with Crippen molar-refractivity contribution in [3.05, 3.63) is 59.7 Å². The first kappa shape index (κ1) is 9.90. The lowest BCUT2D eigenvalue weighted by atomic mass is 10.1. The number of hydrogen-bond donors (Lipinski definition) is 1. The van der Waals surface area contributed by atoms with Crippen molar-refractivity contribution in [3.8, 4) is 11.5 Å². The number of phenolic OH excluding ortho intramolecular Hbond substituents is 1. The minimum absolute atomic E-state index is 0.186. The fourth-order valence-electron chi connectivity index (χ4n) is 1.82. The number of nitrogens with zero attached hydrogens (tertiary/aromatic N) is 1. The van der Waals surface area contributed by atoms with Gasteiger partial charge in [0.2, 0.25) is 5.90 Å². The van der Waals surface area contributed by atoms with Crippen LogP contribution in [0.25, 0.3) is 0 Å². The highest BCUT2D eigenvalue weighted by molar-refractivity contribution is 5.98. The molecule has 1 aliphatic rings. The summed E-state index contributed by atoms with van der Waals surface area (Å²) >= 11 is 0. The van der Waals surface area contributed by atoms with E-state index in [1.807, 2.05) is 30.3 Å². The van der Waals surface area contributed by atoms with E-state index >= 15 is 0 Å². The van der Waals surface area contributed by atoms with Crippen LogP contribution in [-0.2, 0) is 6.54 Å². The normalized spacial score (nSPS) is 13.5. The summed E-state index contributed by atoms with van der Waals surface area (Å²) in [6, 6.07) is 14.8. The first-order valence-corrected chi connectivity index (χ1v) is 5.43. The van der Waals surface area contributed by atoms with Gasteiger partial charge in [0.1, 0.15) is 11.5 Å². The van der Waals surface area contributed by atoms with E-state index in [4.69, 9.17) is 4.74 Å². The number of fused-ring (bicyclic) bond motifs is 1. The molecule has 1 heterocycles. The monoisotopic (exact) mass is 225 g/mol. The Morgan fingerprint density at radius 1 is 1.00 bits per heavy atom. The molecule has 0 bridgehead atoms. The highest BCUT2D eigenvalue weighted by Crippen LogP contribution is 2.27. The van der Waals surface area contributed by atoms with Gasteiger partial charge in [-0.05, 0) is 18.2 Å². The smallest absolute Gasteiger partial charge is 0.226 e. The van der Waals surface area contributed by atoms with Crippen LogP contribution in [0.15, 0.2) is 53.5 Å². The van der Waals surface area contributed by atoms with Crippen LogP contribution in [0, 0.1) is 0 Å². The molecule has 84 valence electrons. The van der Waals surface area contributed by atoms with Gasteiger partial charge in [0.25, 0.3) is 0 Å². The van der Waals surface area contributed by atoms with E-state index in [9.17, 15) is 5.11 Å². The number of aliphatic imine (C=N–C) groups is 1. The SMILES string of the molecule is Oc1ccccc1C1=NCc2ccccc2O1. The van der Waals surface area contributed by atoms with Gasteiger partial charge in [-0.1, -0.05) is 30.3 Å². The molecule has 3 nitrogen and oxygen atoms in total. The molecule has 0 saturated heterocycles. The maximum Gasteiger partial charge on any atom is 0.226 e. The molecule has 0 aliphatic carbocycles. The molecule has 0 fully saturated rings. The van der Waals surface area contributed by atoms with E-state index < -0.39 is 0 Å². The summed E-state index contributed by atoms with van der Waals surface area (Å²) in [7, 11) is 0. The molecular weight excluding hydrogens is 214 g/mol. The number of hydrogen-bond acceptors (Lipinski definition) is 3. The number of para-hydroxylation sites is 2. The predicted molar refractivity (Wildman–Crippen MR) is 65.4 cm³/mol. The Morgan fingerprint density at radius 3 is 2.65 bits per heavy atom. The topological polar surface area (TPSA) is 41.8 Å². The zero-order valence-electron chi connectivity index (χ0n) is 9.13. The predicted octanol–water partition coefficient (Wildman–Crippen LogP) is 2.73. The first-order valence-electron chi connectivity index (χ1n) is 5.43. The zero-order chi connectivity index (χ0) is 11.7. The maximum atomic E-state index is 9.75. The van der Waals surface area contributed by atoms with Crippen LogP contribution in [0.1, 0.15) is 11.1 Å². The minimum atomic E-state index is 0.186. The summed E-state index contributed by atoms with van der Waals surface area (Å²) < 4.78 is 5.69. The van der Waals surface area contributed by atoms with Gasteiger partial charge >= 0.3 is 0 Å². The maximum absolute atomic E-state index is 9.75. The summed E-state index contributed by atoms with van der Waals surface area (Å²) in [5.74, 6) is 1.47. The Bertz CT molecular complexity index is 590. The summed E-state index contributed by atoms with van der Waals surface area (Å²) in [6.45, 7) is 0.583.